The van der Waals surface area contributed by atoms with E-state index in [9.17, 15) is 5.11 Å². The van der Waals surface area contributed by atoms with Crippen molar-refractivity contribution in [1.82, 2.24) is 9.55 Å². The molecule has 0 saturated heterocycles. The number of methoxy groups -OCH3 is 1. The molecule has 0 bridgehead atoms. The van der Waals surface area contributed by atoms with E-state index >= 15 is 0 Å². The number of nitrogens with zero attached hydrogens (tertiary/aromatic N) is 2. The van der Waals surface area contributed by atoms with Crippen LogP contribution in [0.15, 0.2) is 41.8 Å². The smallest absolute Gasteiger partial charge is 0.167 e. The molecule has 1 aromatic heterocycles. The first-order valence-corrected chi connectivity index (χ1v) is 7.67. The molecule has 5 nitrogen and oxygen atoms in total. The van der Waals surface area contributed by atoms with Gasteiger partial charge in [0.1, 0.15) is 5.75 Å². The molecule has 1 atom stereocenters. The number of aryl methyl sites for hydroxylation is 1. The fourth-order valence-corrected chi connectivity index (χ4v) is 2.67. The van der Waals surface area contributed by atoms with E-state index in [-0.39, 0.29) is 6.61 Å². The zero-order valence-electron chi connectivity index (χ0n) is 12.2. The number of para-hydroxylation sites is 1. The summed E-state index contributed by atoms with van der Waals surface area (Å²) in [6, 6.07) is 7.70. The lowest BCUT2D eigenvalue weighted by Crippen LogP contribution is -2.18. The Bertz CT molecular complexity index is 559. The van der Waals surface area contributed by atoms with E-state index in [0.717, 1.165) is 16.5 Å². The van der Waals surface area contributed by atoms with Crippen molar-refractivity contribution in [2.24, 2.45) is 7.05 Å². The van der Waals surface area contributed by atoms with Crippen LogP contribution >= 0.6 is 11.8 Å². The van der Waals surface area contributed by atoms with Gasteiger partial charge in [-0.1, -0.05) is 30.0 Å². The van der Waals surface area contributed by atoms with Crippen molar-refractivity contribution < 1.29 is 14.6 Å². The third-order valence-electron chi connectivity index (χ3n) is 2.94. The van der Waals surface area contributed by atoms with Gasteiger partial charge in [-0.2, -0.15) is 0 Å². The SMILES string of the molecule is COc1ccccc1COCC(O)CSc1nccn1C. The van der Waals surface area contributed by atoms with Crippen molar-refractivity contribution in [3.8, 4) is 5.75 Å². The van der Waals surface area contributed by atoms with E-state index in [4.69, 9.17) is 9.47 Å². The summed E-state index contributed by atoms with van der Waals surface area (Å²) in [7, 11) is 3.57. The van der Waals surface area contributed by atoms with E-state index in [0.29, 0.717) is 12.4 Å². The third-order valence-corrected chi connectivity index (χ3v) is 4.15. The van der Waals surface area contributed by atoms with Crippen molar-refractivity contribution in [3.63, 3.8) is 0 Å². The molecule has 1 heterocycles. The molecule has 0 amide bonds. The lowest BCUT2D eigenvalue weighted by atomic mass is 10.2. The molecule has 0 aliphatic heterocycles. The van der Waals surface area contributed by atoms with Crippen molar-refractivity contribution in [1.29, 1.82) is 0 Å². The van der Waals surface area contributed by atoms with Gasteiger partial charge in [0, 0.05) is 30.8 Å². The summed E-state index contributed by atoms with van der Waals surface area (Å²) in [6.07, 6.45) is 3.10. The van der Waals surface area contributed by atoms with Crippen molar-refractivity contribution in [2.75, 3.05) is 19.5 Å². The van der Waals surface area contributed by atoms with Gasteiger partial charge in [-0.3, -0.25) is 0 Å². The van der Waals surface area contributed by atoms with Crippen LogP contribution in [0.5, 0.6) is 5.75 Å². The number of aliphatic hydroxyl groups is 1. The molecule has 0 saturated carbocycles. The fourth-order valence-electron chi connectivity index (χ4n) is 1.84. The Balaban J connectivity index is 1.72. The Hall–Kier alpha value is -1.50. The van der Waals surface area contributed by atoms with Crippen LogP contribution in [-0.2, 0) is 18.4 Å². The maximum absolute atomic E-state index is 9.93. The van der Waals surface area contributed by atoms with Crippen molar-refractivity contribution >= 4 is 11.8 Å². The molecule has 1 N–H and O–H groups in total. The van der Waals surface area contributed by atoms with Crippen LogP contribution < -0.4 is 4.74 Å². The van der Waals surface area contributed by atoms with Gasteiger partial charge in [0.2, 0.25) is 0 Å². The number of aliphatic hydroxyl groups excluding tert-OH is 1. The topological polar surface area (TPSA) is 56.5 Å². The number of rotatable bonds is 8. The number of benzene rings is 1. The summed E-state index contributed by atoms with van der Waals surface area (Å²) in [4.78, 5) is 4.20. The highest BCUT2D eigenvalue weighted by atomic mass is 32.2. The minimum Gasteiger partial charge on any atom is -0.496 e. The molecule has 1 unspecified atom stereocenters. The summed E-state index contributed by atoms with van der Waals surface area (Å²) in [5, 5.41) is 10.8. The second-order valence-corrected chi connectivity index (χ2v) is 5.60. The summed E-state index contributed by atoms with van der Waals surface area (Å²) in [5.74, 6) is 1.35. The van der Waals surface area contributed by atoms with Crippen LogP contribution in [0.3, 0.4) is 0 Å². The second-order valence-electron chi connectivity index (χ2n) is 4.61. The molecule has 1 aromatic carbocycles. The predicted octanol–water partition coefficient (Wildman–Crippen LogP) is 2.10. The Morgan fingerprint density at radius 2 is 2.19 bits per heavy atom. The summed E-state index contributed by atoms with van der Waals surface area (Å²) in [5.41, 5.74) is 0.976. The monoisotopic (exact) mass is 308 g/mol. The first-order chi connectivity index (χ1) is 10.2. The van der Waals surface area contributed by atoms with E-state index in [1.165, 1.54) is 11.8 Å². The van der Waals surface area contributed by atoms with Crippen molar-refractivity contribution in [2.45, 2.75) is 17.9 Å². The molecule has 0 spiro atoms. The highest BCUT2D eigenvalue weighted by molar-refractivity contribution is 7.99. The van der Waals surface area contributed by atoms with Gasteiger partial charge in [0.15, 0.2) is 5.16 Å². The number of thioether (sulfide) groups is 1. The maximum Gasteiger partial charge on any atom is 0.167 e. The van der Waals surface area contributed by atoms with Crippen LogP contribution in [0.4, 0.5) is 0 Å². The lowest BCUT2D eigenvalue weighted by molar-refractivity contribution is 0.0390. The Labute approximate surface area is 128 Å². The molecular formula is C15H20N2O3S. The quantitative estimate of drug-likeness (QED) is 0.757. The normalized spacial score (nSPS) is 12.3. The average Bonchev–Trinajstić information content (AvgIpc) is 2.91. The number of aromatic nitrogens is 2. The van der Waals surface area contributed by atoms with Gasteiger partial charge in [0.25, 0.3) is 0 Å². The highest BCUT2D eigenvalue weighted by Gasteiger charge is 2.09. The van der Waals surface area contributed by atoms with E-state index in [1.54, 1.807) is 13.3 Å². The van der Waals surface area contributed by atoms with Gasteiger partial charge in [0.05, 0.1) is 26.4 Å². The summed E-state index contributed by atoms with van der Waals surface area (Å²) < 4.78 is 12.7. The molecule has 6 heteroatoms. The molecule has 0 fully saturated rings. The van der Waals surface area contributed by atoms with Gasteiger partial charge in [-0.15, -0.1) is 0 Å². The van der Waals surface area contributed by atoms with Crippen LogP contribution in [0.1, 0.15) is 5.56 Å². The molecule has 2 aromatic rings. The lowest BCUT2D eigenvalue weighted by Gasteiger charge is -2.12. The molecular weight excluding hydrogens is 288 g/mol. The first kappa shape index (κ1) is 15.9. The van der Waals surface area contributed by atoms with Crippen LogP contribution in [0.2, 0.25) is 0 Å². The molecule has 114 valence electrons. The highest BCUT2D eigenvalue weighted by Crippen LogP contribution is 2.19. The number of hydrogen-bond acceptors (Lipinski definition) is 5. The zero-order chi connectivity index (χ0) is 15.1. The Kier molecular flexibility index (Phi) is 6.10. The maximum atomic E-state index is 9.93. The average molecular weight is 308 g/mol. The van der Waals surface area contributed by atoms with Gasteiger partial charge in [-0.05, 0) is 6.07 Å². The first-order valence-electron chi connectivity index (χ1n) is 6.68. The largest absolute Gasteiger partial charge is 0.496 e. The molecule has 0 aliphatic rings. The Morgan fingerprint density at radius 3 is 2.90 bits per heavy atom. The van der Waals surface area contributed by atoms with Crippen LogP contribution in [-0.4, -0.2) is 40.2 Å². The molecule has 0 aliphatic carbocycles. The van der Waals surface area contributed by atoms with Crippen LogP contribution in [0.25, 0.3) is 0 Å². The molecule has 0 radical (unpaired) electrons. The molecule has 21 heavy (non-hydrogen) atoms. The van der Waals surface area contributed by atoms with E-state index in [1.807, 2.05) is 42.1 Å². The zero-order valence-corrected chi connectivity index (χ0v) is 13.0. The van der Waals surface area contributed by atoms with Crippen molar-refractivity contribution in [3.05, 3.63) is 42.2 Å². The van der Waals surface area contributed by atoms with E-state index in [2.05, 4.69) is 4.98 Å². The minimum atomic E-state index is -0.526. The summed E-state index contributed by atoms with van der Waals surface area (Å²) in [6.45, 7) is 0.712. The number of imidazole rings is 1. The number of ether oxygens (including phenoxy) is 2. The second kappa shape index (κ2) is 8.07. The third kappa shape index (κ3) is 4.77. The summed E-state index contributed by atoms with van der Waals surface area (Å²) >= 11 is 1.51. The van der Waals surface area contributed by atoms with Crippen LogP contribution in [0, 0.1) is 0 Å². The van der Waals surface area contributed by atoms with Gasteiger partial charge < -0.3 is 19.1 Å². The Morgan fingerprint density at radius 1 is 1.38 bits per heavy atom. The van der Waals surface area contributed by atoms with Gasteiger partial charge >= 0.3 is 0 Å². The van der Waals surface area contributed by atoms with Gasteiger partial charge in [-0.25, -0.2) is 4.98 Å². The standard InChI is InChI=1S/C15H20N2O3S/c1-17-8-7-16-15(17)21-11-13(18)10-20-9-12-5-3-4-6-14(12)19-2/h3-8,13,18H,9-11H2,1-2H3. The predicted molar refractivity (Wildman–Crippen MR) is 82.6 cm³/mol. The van der Waals surface area contributed by atoms with E-state index < -0.39 is 6.10 Å². The molecule has 2 rings (SSSR count). The fraction of sp³-hybridized carbons (Fsp3) is 0.400. The number of hydrogen-bond donors (Lipinski definition) is 1. The minimum absolute atomic E-state index is 0.287.